The highest BCUT2D eigenvalue weighted by Gasteiger charge is 2.29. The summed E-state index contributed by atoms with van der Waals surface area (Å²) in [5.74, 6) is 1.20. The van der Waals surface area contributed by atoms with E-state index < -0.39 is 9.84 Å². The Morgan fingerprint density at radius 3 is 3.00 bits per heavy atom. The standard InChI is InChI=1S/C12H15NO3S/c14-17(15)6-4-11(8-17)16-10-1-2-12-9(7-10)3-5-13-12/h1-2,7,11,13H,3-6,8H2. The molecule has 1 fully saturated rings. The van der Waals surface area contributed by atoms with Gasteiger partial charge in [0.2, 0.25) is 0 Å². The molecule has 1 saturated heterocycles. The summed E-state index contributed by atoms with van der Waals surface area (Å²) in [6.45, 7) is 0.969. The number of nitrogens with one attached hydrogen (secondary N) is 1. The maximum atomic E-state index is 11.3. The molecule has 1 aromatic carbocycles. The highest BCUT2D eigenvalue weighted by atomic mass is 32.2. The zero-order chi connectivity index (χ0) is 11.9. The topological polar surface area (TPSA) is 55.4 Å². The summed E-state index contributed by atoms with van der Waals surface area (Å²) in [6, 6.07) is 5.92. The molecule has 1 aromatic rings. The fourth-order valence-corrected chi connectivity index (χ4v) is 3.99. The molecule has 1 N–H and O–H groups in total. The van der Waals surface area contributed by atoms with E-state index in [2.05, 4.69) is 5.32 Å². The van der Waals surface area contributed by atoms with Gasteiger partial charge >= 0.3 is 0 Å². The number of sulfone groups is 1. The van der Waals surface area contributed by atoms with Gasteiger partial charge in [-0.25, -0.2) is 8.42 Å². The molecule has 1 unspecified atom stereocenters. The lowest BCUT2D eigenvalue weighted by atomic mass is 10.1. The minimum atomic E-state index is -2.86. The van der Waals surface area contributed by atoms with Crippen LogP contribution in [0.25, 0.3) is 0 Å². The highest BCUT2D eigenvalue weighted by Crippen LogP contribution is 2.28. The van der Waals surface area contributed by atoms with Gasteiger partial charge in [-0.2, -0.15) is 0 Å². The van der Waals surface area contributed by atoms with Crippen LogP contribution >= 0.6 is 0 Å². The van der Waals surface area contributed by atoms with Crippen molar-refractivity contribution in [1.82, 2.24) is 0 Å². The minimum Gasteiger partial charge on any atom is -0.489 e. The Bertz CT molecular complexity index is 539. The second-order valence-electron chi connectivity index (χ2n) is 4.64. The van der Waals surface area contributed by atoms with E-state index in [0.29, 0.717) is 6.42 Å². The Hall–Kier alpha value is -1.23. The Balaban J connectivity index is 1.74. The van der Waals surface area contributed by atoms with E-state index in [4.69, 9.17) is 4.74 Å². The molecule has 4 nitrogen and oxygen atoms in total. The zero-order valence-corrected chi connectivity index (χ0v) is 10.3. The molecule has 0 saturated carbocycles. The van der Waals surface area contributed by atoms with Crippen molar-refractivity contribution in [2.75, 3.05) is 23.4 Å². The van der Waals surface area contributed by atoms with Crippen molar-refractivity contribution >= 4 is 15.5 Å². The van der Waals surface area contributed by atoms with Crippen LogP contribution in [0.15, 0.2) is 18.2 Å². The molecule has 0 aliphatic carbocycles. The van der Waals surface area contributed by atoms with Crippen LogP contribution in [0.5, 0.6) is 5.75 Å². The van der Waals surface area contributed by atoms with Gasteiger partial charge in [0, 0.05) is 12.2 Å². The van der Waals surface area contributed by atoms with E-state index in [1.54, 1.807) is 0 Å². The molecule has 0 spiro atoms. The number of hydrogen-bond acceptors (Lipinski definition) is 4. The molecule has 17 heavy (non-hydrogen) atoms. The summed E-state index contributed by atoms with van der Waals surface area (Å²) in [7, 11) is -2.86. The van der Waals surface area contributed by atoms with Gasteiger partial charge in [0.05, 0.1) is 11.5 Å². The predicted octanol–water partition coefficient (Wildman–Crippen LogP) is 1.22. The van der Waals surface area contributed by atoms with Crippen molar-refractivity contribution in [2.45, 2.75) is 18.9 Å². The SMILES string of the molecule is O=S1(=O)CCC(Oc2ccc3c(c2)CCN3)C1. The normalized spacial score (nSPS) is 25.3. The van der Waals surface area contributed by atoms with Crippen LogP contribution in [0.1, 0.15) is 12.0 Å². The summed E-state index contributed by atoms with van der Waals surface area (Å²) >= 11 is 0. The molecule has 2 aliphatic rings. The van der Waals surface area contributed by atoms with Gasteiger partial charge in [0.1, 0.15) is 11.9 Å². The van der Waals surface area contributed by atoms with Crippen molar-refractivity contribution in [3.63, 3.8) is 0 Å². The summed E-state index contributed by atoms with van der Waals surface area (Å²) in [5.41, 5.74) is 2.42. The third kappa shape index (κ3) is 2.24. The summed E-state index contributed by atoms with van der Waals surface area (Å²) in [4.78, 5) is 0. The van der Waals surface area contributed by atoms with Gasteiger partial charge < -0.3 is 10.1 Å². The Labute approximate surface area is 101 Å². The van der Waals surface area contributed by atoms with Crippen molar-refractivity contribution in [2.24, 2.45) is 0 Å². The van der Waals surface area contributed by atoms with Gasteiger partial charge in [-0.05, 0) is 36.6 Å². The number of anilines is 1. The fraction of sp³-hybridized carbons (Fsp3) is 0.500. The second-order valence-corrected chi connectivity index (χ2v) is 6.87. The summed E-state index contributed by atoms with van der Waals surface area (Å²) < 4.78 is 28.4. The van der Waals surface area contributed by atoms with Crippen LogP contribution in [0.3, 0.4) is 0 Å². The monoisotopic (exact) mass is 253 g/mol. The molecule has 2 heterocycles. The highest BCUT2D eigenvalue weighted by molar-refractivity contribution is 7.91. The average molecular weight is 253 g/mol. The van der Waals surface area contributed by atoms with Gasteiger partial charge in [0.25, 0.3) is 0 Å². The predicted molar refractivity (Wildman–Crippen MR) is 66.3 cm³/mol. The van der Waals surface area contributed by atoms with Crippen molar-refractivity contribution in [1.29, 1.82) is 0 Å². The molecule has 0 radical (unpaired) electrons. The van der Waals surface area contributed by atoms with Crippen LogP contribution in [0.2, 0.25) is 0 Å². The van der Waals surface area contributed by atoms with Crippen molar-refractivity contribution in [3.05, 3.63) is 23.8 Å². The smallest absolute Gasteiger partial charge is 0.154 e. The third-order valence-electron chi connectivity index (χ3n) is 3.28. The number of rotatable bonds is 2. The maximum absolute atomic E-state index is 11.3. The van der Waals surface area contributed by atoms with E-state index in [1.165, 1.54) is 5.56 Å². The molecular formula is C12H15NO3S. The number of benzene rings is 1. The molecular weight excluding hydrogens is 238 g/mol. The van der Waals surface area contributed by atoms with E-state index in [9.17, 15) is 8.42 Å². The first-order valence-electron chi connectivity index (χ1n) is 5.86. The minimum absolute atomic E-state index is 0.155. The van der Waals surface area contributed by atoms with Gasteiger partial charge in [-0.15, -0.1) is 0 Å². The van der Waals surface area contributed by atoms with E-state index in [-0.39, 0.29) is 17.6 Å². The zero-order valence-electron chi connectivity index (χ0n) is 9.48. The van der Waals surface area contributed by atoms with Crippen molar-refractivity contribution < 1.29 is 13.2 Å². The largest absolute Gasteiger partial charge is 0.489 e. The summed E-state index contributed by atoms with van der Waals surface area (Å²) in [5, 5.41) is 3.28. The van der Waals surface area contributed by atoms with Gasteiger partial charge in [-0.3, -0.25) is 0 Å². The fourth-order valence-electron chi connectivity index (χ4n) is 2.40. The molecule has 92 valence electrons. The molecule has 0 bridgehead atoms. The Kier molecular flexibility index (Phi) is 2.50. The molecule has 5 heteroatoms. The van der Waals surface area contributed by atoms with Gasteiger partial charge in [-0.1, -0.05) is 0 Å². The number of fused-ring (bicyclic) bond motifs is 1. The number of ether oxygens (including phenoxy) is 1. The lowest BCUT2D eigenvalue weighted by Gasteiger charge is -2.12. The van der Waals surface area contributed by atoms with E-state index in [1.807, 2.05) is 18.2 Å². The summed E-state index contributed by atoms with van der Waals surface area (Å²) in [6.07, 6.45) is 1.44. The van der Waals surface area contributed by atoms with Crippen LogP contribution < -0.4 is 10.1 Å². The lowest BCUT2D eigenvalue weighted by Crippen LogP contribution is -2.17. The quantitative estimate of drug-likeness (QED) is 0.861. The van der Waals surface area contributed by atoms with Crippen LogP contribution in [0, 0.1) is 0 Å². The Morgan fingerprint density at radius 2 is 2.24 bits per heavy atom. The van der Waals surface area contributed by atoms with Crippen LogP contribution in [-0.4, -0.2) is 32.6 Å². The first-order valence-corrected chi connectivity index (χ1v) is 7.68. The first-order chi connectivity index (χ1) is 8.12. The molecule has 2 aliphatic heterocycles. The van der Waals surface area contributed by atoms with Crippen LogP contribution in [0.4, 0.5) is 5.69 Å². The second kappa shape index (κ2) is 3.91. The molecule has 0 aromatic heterocycles. The first kappa shape index (κ1) is 10.9. The molecule has 0 amide bonds. The van der Waals surface area contributed by atoms with E-state index in [0.717, 1.165) is 24.4 Å². The third-order valence-corrected chi connectivity index (χ3v) is 5.02. The molecule has 3 rings (SSSR count). The van der Waals surface area contributed by atoms with Crippen molar-refractivity contribution in [3.8, 4) is 5.75 Å². The Morgan fingerprint density at radius 1 is 1.35 bits per heavy atom. The number of hydrogen-bond donors (Lipinski definition) is 1. The lowest BCUT2D eigenvalue weighted by molar-refractivity contribution is 0.229. The van der Waals surface area contributed by atoms with Crippen LogP contribution in [-0.2, 0) is 16.3 Å². The average Bonchev–Trinajstić information content (AvgIpc) is 2.84. The molecule has 1 atom stereocenters. The van der Waals surface area contributed by atoms with E-state index >= 15 is 0 Å². The van der Waals surface area contributed by atoms with Gasteiger partial charge in [0.15, 0.2) is 9.84 Å². The maximum Gasteiger partial charge on any atom is 0.154 e.